The number of rotatable bonds is 6. The normalized spacial score (nSPS) is 11.9. The van der Waals surface area contributed by atoms with Crippen LogP contribution >= 0.6 is 0 Å². The molecule has 1 aromatic carbocycles. The minimum absolute atomic E-state index is 0.0596. The molecule has 22 heavy (non-hydrogen) atoms. The van der Waals surface area contributed by atoms with Crippen molar-refractivity contribution in [1.82, 2.24) is 9.88 Å². The highest BCUT2D eigenvalue weighted by Crippen LogP contribution is 2.16. The number of nitrogens with one attached hydrogen (secondary N) is 1. The molecule has 7 heteroatoms. The van der Waals surface area contributed by atoms with E-state index in [4.69, 9.17) is 0 Å². The number of nitro benzene ring substituents is 1. The average molecular weight is 303 g/mol. The van der Waals surface area contributed by atoms with Gasteiger partial charge >= 0.3 is 0 Å². The van der Waals surface area contributed by atoms with Gasteiger partial charge in [-0.05, 0) is 30.7 Å². The number of carbonyl (C=O) groups is 1. The monoisotopic (exact) mass is 303 g/mol. The first-order valence-corrected chi connectivity index (χ1v) is 6.81. The highest BCUT2D eigenvalue weighted by molar-refractivity contribution is 5.94. The zero-order chi connectivity index (χ0) is 16.1. The molecule has 0 aliphatic heterocycles. The summed E-state index contributed by atoms with van der Waals surface area (Å²) in [6.45, 7) is 0.308. The molecular weight excluding hydrogens is 286 g/mol. The SMILES string of the molecule is Cn1cccc1C(O)CCNC(=O)c1ccc([N+](=O)[O-])cc1. The van der Waals surface area contributed by atoms with Crippen molar-refractivity contribution in [2.45, 2.75) is 12.5 Å². The summed E-state index contributed by atoms with van der Waals surface area (Å²) in [5, 5.41) is 23.3. The molecule has 0 aliphatic rings. The number of carbonyl (C=O) groups excluding carboxylic acids is 1. The predicted octanol–water partition coefficient (Wildman–Crippen LogP) is 1.79. The van der Waals surface area contributed by atoms with Crippen LogP contribution in [0.25, 0.3) is 0 Å². The molecule has 116 valence electrons. The molecule has 1 atom stereocenters. The van der Waals surface area contributed by atoms with E-state index in [-0.39, 0.29) is 11.6 Å². The fraction of sp³-hybridized carbons (Fsp3) is 0.267. The van der Waals surface area contributed by atoms with Gasteiger partial charge in [-0.3, -0.25) is 14.9 Å². The largest absolute Gasteiger partial charge is 0.387 e. The van der Waals surface area contributed by atoms with E-state index in [0.717, 1.165) is 5.69 Å². The molecule has 0 radical (unpaired) electrons. The fourth-order valence-corrected chi connectivity index (χ4v) is 2.13. The van der Waals surface area contributed by atoms with Crippen LogP contribution in [0, 0.1) is 10.1 Å². The van der Waals surface area contributed by atoms with Crippen LogP contribution in [0.3, 0.4) is 0 Å². The highest BCUT2D eigenvalue weighted by atomic mass is 16.6. The number of aryl methyl sites for hydroxylation is 1. The molecule has 2 rings (SSSR count). The second-order valence-electron chi connectivity index (χ2n) is 4.91. The lowest BCUT2D eigenvalue weighted by atomic mass is 10.1. The number of aromatic nitrogens is 1. The Bertz CT molecular complexity index is 664. The Labute approximate surface area is 127 Å². The average Bonchev–Trinajstić information content (AvgIpc) is 2.93. The minimum atomic E-state index is -0.655. The van der Waals surface area contributed by atoms with Crippen LogP contribution in [-0.4, -0.2) is 27.0 Å². The second kappa shape index (κ2) is 6.86. The number of nitrogens with zero attached hydrogens (tertiary/aromatic N) is 2. The maximum Gasteiger partial charge on any atom is 0.269 e. The molecular formula is C15H17N3O4. The van der Waals surface area contributed by atoms with E-state index in [0.29, 0.717) is 18.5 Å². The molecule has 2 aromatic rings. The summed E-state index contributed by atoms with van der Waals surface area (Å²) < 4.78 is 1.82. The van der Waals surface area contributed by atoms with E-state index in [9.17, 15) is 20.0 Å². The molecule has 1 aromatic heterocycles. The van der Waals surface area contributed by atoms with Crippen molar-refractivity contribution in [2.75, 3.05) is 6.54 Å². The molecule has 0 spiro atoms. The summed E-state index contributed by atoms with van der Waals surface area (Å²) in [6.07, 6.45) is 1.57. The molecule has 0 bridgehead atoms. The quantitative estimate of drug-likeness (QED) is 0.628. The van der Waals surface area contributed by atoms with Crippen LogP contribution in [-0.2, 0) is 7.05 Å². The summed E-state index contributed by atoms with van der Waals surface area (Å²) >= 11 is 0. The van der Waals surface area contributed by atoms with E-state index in [2.05, 4.69) is 5.32 Å². The minimum Gasteiger partial charge on any atom is -0.387 e. The lowest BCUT2D eigenvalue weighted by Gasteiger charge is -2.12. The summed E-state index contributed by atoms with van der Waals surface area (Å²) in [7, 11) is 1.84. The van der Waals surface area contributed by atoms with Gasteiger partial charge in [-0.2, -0.15) is 0 Å². The van der Waals surface area contributed by atoms with Crippen molar-refractivity contribution in [3.05, 3.63) is 64.0 Å². The van der Waals surface area contributed by atoms with E-state index < -0.39 is 11.0 Å². The molecule has 1 heterocycles. The molecule has 0 saturated heterocycles. The van der Waals surface area contributed by atoms with Crippen molar-refractivity contribution in [2.24, 2.45) is 7.05 Å². The van der Waals surface area contributed by atoms with Gasteiger partial charge in [0.05, 0.1) is 11.0 Å². The number of hydrogen-bond donors (Lipinski definition) is 2. The second-order valence-corrected chi connectivity index (χ2v) is 4.91. The first kappa shape index (κ1) is 15.7. The third-order valence-electron chi connectivity index (χ3n) is 3.37. The Balaban J connectivity index is 1.85. The Morgan fingerprint density at radius 1 is 1.36 bits per heavy atom. The van der Waals surface area contributed by atoms with Gasteiger partial charge in [0.15, 0.2) is 0 Å². The van der Waals surface area contributed by atoms with Gasteiger partial charge in [0.25, 0.3) is 11.6 Å². The van der Waals surface area contributed by atoms with Crippen LogP contribution in [0.1, 0.15) is 28.6 Å². The summed E-state index contributed by atoms with van der Waals surface area (Å²) in [4.78, 5) is 21.9. The van der Waals surface area contributed by atoms with E-state index in [1.54, 1.807) is 0 Å². The van der Waals surface area contributed by atoms with E-state index in [1.165, 1.54) is 24.3 Å². The predicted molar refractivity (Wildman–Crippen MR) is 80.4 cm³/mol. The topological polar surface area (TPSA) is 97.4 Å². The van der Waals surface area contributed by atoms with Gasteiger partial charge < -0.3 is 15.0 Å². The maximum atomic E-state index is 11.9. The third-order valence-corrected chi connectivity index (χ3v) is 3.37. The Morgan fingerprint density at radius 3 is 2.59 bits per heavy atom. The van der Waals surface area contributed by atoms with Gasteiger partial charge in [0.2, 0.25) is 0 Å². The van der Waals surface area contributed by atoms with Crippen LogP contribution in [0.2, 0.25) is 0 Å². The van der Waals surface area contributed by atoms with Crippen LogP contribution < -0.4 is 5.32 Å². The smallest absolute Gasteiger partial charge is 0.269 e. The van der Waals surface area contributed by atoms with Gasteiger partial charge in [-0.25, -0.2) is 0 Å². The van der Waals surface area contributed by atoms with E-state index >= 15 is 0 Å². The summed E-state index contributed by atoms with van der Waals surface area (Å²) in [5.74, 6) is -0.325. The zero-order valence-electron chi connectivity index (χ0n) is 12.1. The lowest BCUT2D eigenvalue weighted by molar-refractivity contribution is -0.384. The van der Waals surface area contributed by atoms with Crippen LogP contribution in [0.5, 0.6) is 0 Å². The van der Waals surface area contributed by atoms with Crippen LogP contribution in [0.4, 0.5) is 5.69 Å². The van der Waals surface area contributed by atoms with Gasteiger partial charge in [-0.1, -0.05) is 0 Å². The van der Waals surface area contributed by atoms with Crippen molar-refractivity contribution in [1.29, 1.82) is 0 Å². The number of hydrogen-bond acceptors (Lipinski definition) is 4. The first-order chi connectivity index (χ1) is 10.5. The maximum absolute atomic E-state index is 11.9. The van der Waals surface area contributed by atoms with Crippen molar-refractivity contribution >= 4 is 11.6 Å². The third kappa shape index (κ3) is 3.70. The number of aliphatic hydroxyl groups is 1. The Hall–Kier alpha value is -2.67. The number of amides is 1. The Kier molecular flexibility index (Phi) is 4.90. The molecule has 0 saturated carbocycles. The van der Waals surface area contributed by atoms with Gasteiger partial charge in [-0.15, -0.1) is 0 Å². The lowest BCUT2D eigenvalue weighted by Crippen LogP contribution is -2.25. The number of non-ortho nitro benzene ring substituents is 1. The standard InChI is InChI=1S/C15H17N3O4/c1-17-10-2-3-13(17)14(19)8-9-16-15(20)11-4-6-12(7-5-11)18(21)22/h2-7,10,14,19H,8-9H2,1H3,(H,16,20). The van der Waals surface area contributed by atoms with Gasteiger partial charge in [0, 0.05) is 43.2 Å². The van der Waals surface area contributed by atoms with Gasteiger partial charge in [0.1, 0.15) is 0 Å². The molecule has 1 unspecified atom stereocenters. The molecule has 0 aliphatic carbocycles. The number of benzene rings is 1. The van der Waals surface area contributed by atoms with Crippen molar-refractivity contribution in [3.8, 4) is 0 Å². The molecule has 2 N–H and O–H groups in total. The number of nitro groups is 1. The number of aliphatic hydroxyl groups excluding tert-OH is 1. The van der Waals surface area contributed by atoms with Crippen LogP contribution in [0.15, 0.2) is 42.6 Å². The van der Waals surface area contributed by atoms with E-state index in [1.807, 2.05) is 29.9 Å². The first-order valence-electron chi connectivity index (χ1n) is 6.81. The molecule has 1 amide bonds. The Morgan fingerprint density at radius 2 is 2.05 bits per heavy atom. The molecule has 7 nitrogen and oxygen atoms in total. The van der Waals surface area contributed by atoms with Crippen molar-refractivity contribution < 1.29 is 14.8 Å². The highest BCUT2D eigenvalue weighted by Gasteiger charge is 2.12. The summed E-state index contributed by atoms with van der Waals surface area (Å²) in [5.41, 5.74) is 1.07. The molecule has 0 fully saturated rings. The zero-order valence-corrected chi connectivity index (χ0v) is 12.1. The fourth-order valence-electron chi connectivity index (χ4n) is 2.13. The summed E-state index contributed by atoms with van der Waals surface area (Å²) in [6, 6.07) is 9.04. The van der Waals surface area contributed by atoms with Crippen molar-refractivity contribution in [3.63, 3.8) is 0 Å².